The van der Waals surface area contributed by atoms with Crippen LogP contribution in [0, 0.1) is 12.8 Å². The molecule has 2 amide bonds. The van der Waals surface area contributed by atoms with Gasteiger partial charge in [0.1, 0.15) is 11.3 Å². The molecule has 0 radical (unpaired) electrons. The number of hydrogen-bond donors (Lipinski definition) is 1. The number of rotatable bonds is 5. The second kappa shape index (κ2) is 12.1. The molecule has 2 unspecified atom stereocenters. The fraction of sp³-hybridized carbons (Fsp3) is 0.484. The summed E-state index contributed by atoms with van der Waals surface area (Å²) in [5, 5.41) is 6.18. The van der Waals surface area contributed by atoms with Gasteiger partial charge in [0.15, 0.2) is 6.20 Å². The molecule has 0 aliphatic carbocycles. The first-order valence-corrected chi connectivity index (χ1v) is 14.7. The van der Waals surface area contributed by atoms with Crippen LogP contribution in [-0.4, -0.2) is 60.5 Å². The van der Waals surface area contributed by atoms with Crippen LogP contribution in [0.2, 0.25) is 0 Å². The van der Waals surface area contributed by atoms with Gasteiger partial charge in [-0.3, -0.25) is 9.59 Å². The fourth-order valence-corrected chi connectivity index (χ4v) is 6.08. The standard InChI is InChI=1S/C31H40N4O4S/c1-20-8-10-26(22-9-11-27-25(15-22)23(19-40-27)12-13-33(6)7)35(17-20)29(37)28(36)32-24-14-21(2)16-34(18-24)30(38)39-31(3,4)5/h9,11,14-16,18-20,26H,8,10,12-13,17H2,1-7H3/p+1. The van der Waals surface area contributed by atoms with Crippen molar-refractivity contribution in [3.05, 3.63) is 58.7 Å². The van der Waals surface area contributed by atoms with E-state index in [0.29, 0.717) is 18.2 Å². The Bertz CT molecular complexity index is 1410. The smallest absolute Gasteiger partial charge is 0.406 e. The van der Waals surface area contributed by atoms with Crippen molar-refractivity contribution in [1.82, 2.24) is 9.80 Å². The SMILES string of the molecule is Cc1cc(NC(=O)C(=O)N2CC(C)CCC2c2ccc3scc(CCN(C)C)c3c2)c[n+](C(=O)OC(C)(C)C)c1. The van der Waals surface area contributed by atoms with Crippen molar-refractivity contribution < 1.29 is 23.7 Å². The van der Waals surface area contributed by atoms with Crippen LogP contribution in [0.5, 0.6) is 0 Å². The Balaban J connectivity index is 1.56. The Morgan fingerprint density at radius 1 is 1.15 bits per heavy atom. The number of fused-ring (bicyclic) bond motifs is 1. The van der Waals surface area contributed by atoms with Crippen LogP contribution in [0.4, 0.5) is 10.5 Å². The van der Waals surface area contributed by atoms with Crippen molar-refractivity contribution in [2.45, 2.75) is 65.5 Å². The molecule has 2 aromatic heterocycles. The van der Waals surface area contributed by atoms with Crippen LogP contribution in [0.1, 0.15) is 63.3 Å². The van der Waals surface area contributed by atoms with Crippen molar-refractivity contribution in [2.75, 3.05) is 32.5 Å². The van der Waals surface area contributed by atoms with Crippen molar-refractivity contribution in [3.8, 4) is 0 Å². The Morgan fingerprint density at radius 3 is 2.60 bits per heavy atom. The van der Waals surface area contributed by atoms with Gasteiger partial charge in [-0.15, -0.1) is 11.3 Å². The van der Waals surface area contributed by atoms with Gasteiger partial charge in [0, 0.05) is 23.4 Å². The molecule has 9 heteroatoms. The number of anilines is 1. The molecule has 214 valence electrons. The van der Waals surface area contributed by atoms with E-state index in [0.717, 1.165) is 36.9 Å². The van der Waals surface area contributed by atoms with Crippen LogP contribution in [0.15, 0.2) is 42.0 Å². The molecule has 1 N–H and O–H groups in total. The number of ether oxygens (including phenoxy) is 1. The number of nitrogens with zero attached hydrogens (tertiary/aromatic N) is 3. The highest BCUT2D eigenvalue weighted by atomic mass is 32.1. The molecule has 8 nitrogen and oxygen atoms in total. The number of pyridine rings is 1. The molecular formula is C31H41N4O4S+. The predicted molar refractivity (Wildman–Crippen MR) is 159 cm³/mol. The summed E-state index contributed by atoms with van der Waals surface area (Å²) < 4.78 is 7.97. The first-order valence-electron chi connectivity index (χ1n) is 13.8. The average molecular weight is 566 g/mol. The average Bonchev–Trinajstić information content (AvgIpc) is 3.27. The van der Waals surface area contributed by atoms with E-state index in [-0.39, 0.29) is 6.04 Å². The van der Waals surface area contributed by atoms with Crippen molar-refractivity contribution in [3.63, 3.8) is 0 Å². The van der Waals surface area contributed by atoms with Crippen molar-refractivity contribution in [1.29, 1.82) is 0 Å². The fourth-order valence-electron chi connectivity index (χ4n) is 5.10. The lowest BCUT2D eigenvalue weighted by Gasteiger charge is -2.38. The van der Waals surface area contributed by atoms with Crippen molar-refractivity contribution in [2.24, 2.45) is 5.92 Å². The third-order valence-electron chi connectivity index (χ3n) is 7.03. The van der Waals surface area contributed by atoms with E-state index in [1.807, 2.05) is 6.92 Å². The van der Waals surface area contributed by atoms with E-state index in [1.54, 1.807) is 49.3 Å². The van der Waals surface area contributed by atoms with E-state index in [4.69, 9.17) is 4.74 Å². The Kier molecular flexibility index (Phi) is 8.95. The van der Waals surface area contributed by atoms with Crippen LogP contribution in [0.3, 0.4) is 0 Å². The number of carbonyl (C=O) groups is 3. The zero-order chi connectivity index (χ0) is 29.2. The van der Waals surface area contributed by atoms with E-state index in [9.17, 15) is 14.4 Å². The third kappa shape index (κ3) is 7.26. The number of aryl methyl sites for hydroxylation is 1. The molecule has 3 aromatic rings. The maximum Gasteiger partial charge on any atom is 0.602 e. The lowest BCUT2D eigenvalue weighted by molar-refractivity contribution is -0.588. The number of piperidine rings is 1. The van der Waals surface area contributed by atoms with Gasteiger partial charge in [0.25, 0.3) is 0 Å². The number of likely N-dealkylation sites (N-methyl/N-ethyl adjacent to an activating group) is 1. The summed E-state index contributed by atoms with van der Waals surface area (Å²) in [5.74, 6) is -0.995. The van der Waals surface area contributed by atoms with Gasteiger partial charge in [0.2, 0.25) is 6.20 Å². The van der Waals surface area contributed by atoms with Gasteiger partial charge in [0.05, 0.1) is 6.04 Å². The van der Waals surface area contributed by atoms with Crippen LogP contribution in [-0.2, 0) is 20.7 Å². The zero-order valence-corrected chi connectivity index (χ0v) is 25.4. The minimum atomic E-state index is -0.719. The molecule has 40 heavy (non-hydrogen) atoms. The highest BCUT2D eigenvalue weighted by molar-refractivity contribution is 7.17. The maximum absolute atomic E-state index is 13.6. The Labute approximate surface area is 240 Å². The number of aromatic nitrogens is 1. The van der Waals surface area contributed by atoms with Gasteiger partial charge in [-0.25, -0.2) is 0 Å². The number of carbonyl (C=O) groups excluding carboxylic acids is 3. The monoisotopic (exact) mass is 565 g/mol. The minimum absolute atomic E-state index is 0.176. The van der Waals surface area contributed by atoms with Crippen LogP contribution >= 0.6 is 11.3 Å². The first kappa shape index (κ1) is 29.7. The molecule has 1 saturated heterocycles. The van der Waals surface area contributed by atoms with Crippen LogP contribution < -0.4 is 9.88 Å². The molecule has 1 fully saturated rings. The molecule has 2 atom stereocenters. The molecule has 4 rings (SSSR count). The summed E-state index contributed by atoms with van der Waals surface area (Å²) in [5.41, 5.74) is 2.81. The molecule has 0 spiro atoms. The number of likely N-dealkylation sites (tertiary alicyclic amines) is 1. The number of nitrogens with one attached hydrogen (secondary N) is 1. The predicted octanol–water partition coefficient (Wildman–Crippen LogP) is 5.32. The summed E-state index contributed by atoms with van der Waals surface area (Å²) in [4.78, 5) is 43.3. The molecular weight excluding hydrogens is 524 g/mol. The molecule has 1 aromatic carbocycles. The lowest BCUT2D eigenvalue weighted by atomic mass is 9.89. The van der Waals surface area contributed by atoms with Gasteiger partial charge in [-0.2, -0.15) is 4.79 Å². The lowest BCUT2D eigenvalue weighted by Crippen LogP contribution is -2.48. The summed E-state index contributed by atoms with van der Waals surface area (Å²) in [6.07, 6.45) is 5.29. The molecule has 1 aliphatic rings. The Hall–Kier alpha value is -3.30. The quantitative estimate of drug-likeness (QED) is 0.334. The van der Waals surface area contributed by atoms with E-state index < -0.39 is 23.5 Å². The minimum Gasteiger partial charge on any atom is -0.406 e. The van der Waals surface area contributed by atoms with E-state index >= 15 is 0 Å². The second-order valence-electron chi connectivity index (χ2n) is 12.2. The van der Waals surface area contributed by atoms with Gasteiger partial charge >= 0.3 is 17.9 Å². The zero-order valence-electron chi connectivity index (χ0n) is 24.6. The molecule has 1 aliphatic heterocycles. The summed E-state index contributed by atoms with van der Waals surface area (Å²) >= 11 is 1.74. The summed E-state index contributed by atoms with van der Waals surface area (Å²) in [7, 11) is 4.15. The second-order valence-corrected chi connectivity index (χ2v) is 13.1. The first-order chi connectivity index (χ1) is 18.8. The normalized spacial score (nSPS) is 17.8. The number of benzene rings is 1. The van der Waals surface area contributed by atoms with E-state index in [1.165, 1.54) is 26.4 Å². The van der Waals surface area contributed by atoms with E-state index in [2.05, 4.69) is 54.8 Å². The van der Waals surface area contributed by atoms with Gasteiger partial charge in [-0.1, -0.05) is 17.6 Å². The van der Waals surface area contributed by atoms with Crippen molar-refractivity contribution >= 4 is 45.0 Å². The number of hydrogen-bond acceptors (Lipinski definition) is 6. The maximum atomic E-state index is 13.6. The summed E-state index contributed by atoms with van der Waals surface area (Å²) in [6.45, 7) is 10.8. The highest BCUT2D eigenvalue weighted by Gasteiger charge is 2.35. The highest BCUT2D eigenvalue weighted by Crippen LogP contribution is 2.37. The number of thiophene rings is 1. The summed E-state index contributed by atoms with van der Waals surface area (Å²) in [6, 6.07) is 7.99. The number of amides is 2. The molecule has 0 saturated carbocycles. The topological polar surface area (TPSA) is 82.8 Å². The molecule has 0 bridgehead atoms. The van der Waals surface area contributed by atoms with Gasteiger partial charge < -0.3 is 19.9 Å². The van der Waals surface area contributed by atoms with Crippen LogP contribution in [0.25, 0.3) is 10.1 Å². The van der Waals surface area contributed by atoms with Gasteiger partial charge in [-0.05, 0) is 107 Å². The molecule has 3 heterocycles. The Morgan fingerprint density at radius 2 is 1.90 bits per heavy atom. The third-order valence-corrected chi connectivity index (χ3v) is 8.04. The largest absolute Gasteiger partial charge is 0.602 e.